The van der Waals surface area contributed by atoms with Crippen molar-refractivity contribution < 1.29 is 9.53 Å². The molecule has 1 atom stereocenters. The molecule has 1 saturated heterocycles. The van der Waals surface area contributed by atoms with Crippen molar-refractivity contribution in [2.75, 3.05) is 50.1 Å². The lowest BCUT2D eigenvalue weighted by Crippen LogP contribution is -2.31. The number of benzene rings is 1. The Hall–Kier alpha value is -2.83. The number of rotatable bonds is 7. The van der Waals surface area contributed by atoms with Gasteiger partial charge >= 0.3 is 0 Å². The average molecular weight is 383 g/mol. The van der Waals surface area contributed by atoms with E-state index in [9.17, 15) is 4.79 Å². The van der Waals surface area contributed by atoms with Crippen LogP contribution in [0.5, 0.6) is 5.88 Å². The van der Waals surface area contributed by atoms with E-state index in [1.807, 2.05) is 48.2 Å². The zero-order chi connectivity index (χ0) is 20.1. The van der Waals surface area contributed by atoms with Gasteiger partial charge in [-0.2, -0.15) is 4.98 Å². The van der Waals surface area contributed by atoms with Crippen LogP contribution in [-0.4, -0.2) is 67.2 Å². The van der Waals surface area contributed by atoms with Crippen LogP contribution in [0.2, 0.25) is 0 Å². The number of carbonyl (C=O) groups is 1. The molecule has 1 aromatic heterocycles. The fraction of sp³-hybridized carbons (Fsp3) is 0.476. The van der Waals surface area contributed by atoms with E-state index in [4.69, 9.17) is 4.74 Å². The SMILES string of the molecule is CCN(CC)c1ccc(C(=O)N2CCC(Oc3cncc(N(C)C)n3)C2)cc1. The molecule has 0 N–H and O–H groups in total. The van der Waals surface area contributed by atoms with Crippen LogP contribution < -0.4 is 14.5 Å². The van der Waals surface area contributed by atoms with Crippen LogP contribution in [0.4, 0.5) is 11.5 Å². The largest absolute Gasteiger partial charge is 0.471 e. The summed E-state index contributed by atoms with van der Waals surface area (Å²) in [5.74, 6) is 1.29. The molecule has 0 radical (unpaired) electrons. The molecule has 1 aromatic carbocycles. The first-order valence-corrected chi connectivity index (χ1v) is 9.82. The van der Waals surface area contributed by atoms with Crippen molar-refractivity contribution in [3.63, 3.8) is 0 Å². The molecule has 7 heteroatoms. The number of aromatic nitrogens is 2. The number of nitrogens with zero attached hydrogens (tertiary/aromatic N) is 5. The van der Waals surface area contributed by atoms with Crippen molar-refractivity contribution in [1.29, 1.82) is 0 Å². The Balaban J connectivity index is 1.60. The maximum atomic E-state index is 12.8. The summed E-state index contributed by atoms with van der Waals surface area (Å²) in [5.41, 5.74) is 1.86. The molecule has 7 nitrogen and oxygen atoms in total. The Morgan fingerprint density at radius 2 is 1.89 bits per heavy atom. The summed E-state index contributed by atoms with van der Waals surface area (Å²) >= 11 is 0. The zero-order valence-corrected chi connectivity index (χ0v) is 17.1. The molecular formula is C21H29N5O2. The van der Waals surface area contributed by atoms with Gasteiger partial charge in [-0.25, -0.2) is 0 Å². The lowest BCUT2D eigenvalue weighted by Gasteiger charge is -2.22. The first-order valence-electron chi connectivity index (χ1n) is 9.82. The van der Waals surface area contributed by atoms with E-state index in [-0.39, 0.29) is 12.0 Å². The van der Waals surface area contributed by atoms with Crippen LogP contribution in [0.1, 0.15) is 30.6 Å². The third-order valence-electron chi connectivity index (χ3n) is 5.02. The summed E-state index contributed by atoms with van der Waals surface area (Å²) in [4.78, 5) is 27.4. The van der Waals surface area contributed by atoms with Crippen LogP contribution in [-0.2, 0) is 0 Å². The minimum Gasteiger partial charge on any atom is -0.471 e. The van der Waals surface area contributed by atoms with Gasteiger partial charge in [0.1, 0.15) is 6.10 Å². The standard InChI is InChI=1S/C21H29N5O2/c1-5-25(6-2)17-9-7-16(8-10-17)21(27)26-12-11-18(15-26)28-20-14-22-13-19(23-20)24(3)4/h7-10,13-14,18H,5-6,11-12,15H2,1-4H3. The van der Waals surface area contributed by atoms with E-state index in [2.05, 4.69) is 28.7 Å². The van der Waals surface area contributed by atoms with Crippen molar-refractivity contribution >= 4 is 17.4 Å². The predicted molar refractivity (Wildman–Crippen MR) is 111 cm³/mol. The Bertz CT molecular complexity index is 790. The highest BCUT2D eigenvalue weighted by molar-refractivity contribution is 5.94. The summed E-state index contributed by atoms with van der Waals surface area (Å²) in [6, 6.07) is 7.87. The van der Waals surface area contributed by atoms with E-state index in [0.29, 0.717) is 24.5 Å². The topological polar surface area (TPSA) is 61.8 Å². The number of ether oxygens (including phenoxy) is 1. The molecule has 3 rings (SSSR count). The number of hydrogen-bond acceptors (Lipinski definition) is 6. The molecule has 2 aromatic rings. The molecule has 1 unspecified atom stereocenters. The molecule has 1 aliphatic heterocycles. The van der Waals surface area contributed by atoms with Gasteiger partial charge < -0.3 is 19.4 Å². The molecule has 0 bridgehead atoms. The lowest BCUT2D eigenvalue weighted by molar-refractivity contribution is 0.0771. The van der Waals surface area contributed by atoms with Crippen LogP contribution in [0.3, 0.4) is 0 Å². The van der Waals surface area contributed by atoms with Gasteiger partial charge in [0.2, 0.25) is 5.88 Å². The number of anilines is 2. The Kier molecular flexibility index (Phi) is 6.34. The Labute approximate surface area is 166 Å². The predicted octanol–water partition coefficient (Wildman–Crippen LogP) is 2.68. The molecule has 0 aliphatic carbocycles. The summed E-state index contributed by atoms with van der Waals surface area (Å²) in [6.07, 6.45) is 4.03. The monoisotopic (exact) mass is 383 g/mol. The third-order valence-corrected chi connectivity index (χ3v) is 5.02. The molecule has 0 saturated carbocycles. The highest BCUT2D eigenvalue weighted by Crippen LogP contribution is 2.21. The molecule has 150 valence electrons. The minimum atomic E-state index is -0.0643. The van der Waals surface area contributed by atoms with E-state index < -0.39 is 0 Å². The van der Waals surface area contributed by atoms with Crippen molar-refractivity contribution in [3.05, 3.63) is 42.2 Å². The maximum Gasteiger partial charge on any atom is 0.253 e. The van der Waals surface area contributed by atoms with Gasteiger partial charge in [0, 0.05) is 51.4 Å². The van der Waals surface area contributed by atoms with Crippen LogP contribution in [0.25, 0.3) is 0 Å². The second kappa shape index (κ2) is 8.91. The molecule has 1 aliphatic rings. The molecule has 1 fully saturated rings. The molecule has 2 heterocycles. The Morgan fingerprint density at radius 1 is 1.18 bits per heavy atom. The summed E-state index contributed by atoms with van der Waals surface area (Å²) in [6.45, 7) is 7.41. The second-order valence-corrected chi connectivity index (χ2v) is 7.11. The van der Waals surface area contributed by atoms with Crippen LogP contribution in [0.15, 0.2) is 36.7 Å². The average Bonchev–Trinajstić information content (AvgIpc) is 3.17. The van der Waals surface area contributed by atoms with Gasteiger partial charge in [0.15, 0.2) is 5.82 Å². The second-order valence-electron chi connectivity index (χ2n) is 7.11. The quantitative estimate of drug-likeness (QED) is 0.733. The van der Waals surface area contributed by atoms with Crippen molar-refractivity contribution in [2.45, 2.75) is 26.4 Å². The van der Waals surface area contributed by atoms with Gasteiger partial charge in [0.25, 0.3) is 5.91 Å². The van der Waals surface area contributed by atoms with Gasteiger partial charge in [-0.3, -0.25) is 9.78 Å². The summed E-state index contributed by atoms with van der Waals surface area (Å²) in [5, 5.41) is 0. The normalized spacial score (nSPS) is 16.1. The van der Waals surface area contributed by atoms with Crippen molar-refractivity contribution in [3.8, 4) is 5.88 Å². The summed E-state index contributed by atoms with van der Waals surface area (Å²) < 4.78 is 5.96. The molecule has 28 heavy (non-hydrogen) atoms. The van der Waals surface area contributed by atoms with E-state index >= 15 is 0 Å². The Morgan fingerprint density at radius 3 is 2.54 bits per heavy atom. The fourth-order valence-corrected chi connectivity index (χ4v) is 3.38. The molecular weight excluding hydrogens is 354 g/mol. The zero-order valence-electron chi connectivity index (χ0n) is 17.1. The molecule has 1 amide bonds. The minimum absolute atomic E-state index is 0.0466. The van der Waals surface area contributed by atoms with Gasteiger partial charge in [-0.05, 0) is 38.1 Å². The number of carbonyl (C=O) groups excluding carboxylic acids is 1. The third kappa shape index (κ3) is 4.52. The van der Waals surface area contributed by atoms with E-state index in [1.54, 1.807) is 12.4 Å². The first-order chi connectivity index (χ1) is 13.5. The number of amides is 1. The summed E-state index contributed by atoms with van der Waals surface area (Å²) in [7, 11) is 3.82. The highest BCUT2D eigenvalue weighted by Gasteiger charge is 2.28. The number of hydrogen-bond donors (Lipinski definition) is 0. The van der Waals surface area contributed by atoms with Crippen LogP contribution in [0, 0.1) is 0 Å². The van der Waals surface area contributed by atoms with Crippen molar-refractivity contribution in [2.24, 2.45) is 0 Å². The van der Waals surface area contributed by atoms with Gasteiger partial charge in [-0.1, -0.05) is 0 Å². The number of likely N-dealkylation sites (tertiary alicyclic amines) is 1. The molecule has 0 spiro atoms. The van der Waals surface area contributed by atoms with Crippen LogP contribution >= 0.6 is 0 Å². The van der Waals surface area contributed by atoms with E-state index in [0.717, 1.165) is 31.0 Å². The smallest absolute Gasteiger partial charge is 0.253 e. The highest BCUT2D eigenvalue weighted by atomic mass is 16.5. The van der Waals surface area contributed by atoms with Gasteiger partial charge in [-0.15, -0.1) is 0 Å². The van der Waals surface area contributed by atoms with E-state index in [1.165, 1.54) is 0 Å². The van der Waals surface area contributed by atoms with Crippen molar-refractivity contribution in [1.82, 2.24) is 14.9 Å². The fourth-order valence-electron chi connectivity index (χ4n) is 3.38. The first kappa shape index (κ1) is 19.9. The van der Waals surface area contributed by atoms with Gasteiger partial charge in [0.05, 0.1) is 18.9 Å². The maximum absolute atomic E-state index is 12.8. The lowest BCUT2D eigenvalue weighted by atomic mass is 10.1.